The maximum atomic E-state index is 12.5. The van der Waals surface area contributed by atoms with Gasteiger partial charge >= 0.3 is 0 Å². The Kier molecular flexibility index (Phi) is 6.49. The zero-order chi connectivity index (χ0) is 16.4. The van der Waals surface area contributed by atoms with Crippen LogP contribution in [0.5, 0.6) is 0 Å². The van der Waals surface area contributed by atoms with Crippen LogP contribution in [0.3, 0.4) is 0 Å². The van der Waals surface area contributed by atoms with E-state index in [4.69, 9.17) is 23.2 Å². The molecule has 0 radical (unpaired) electrons. The first kappa shape index (κ1) is 18.7. The molecule has 5 nitrogen and oxygen atoms in total. The number of benzene rings is 1. The van der Waals surface area contributed by atoms with Crippen LogP contribution in [0.1, 0.15) is 13.8 Å². The van der Waals surface area contributed by atoms with E-state index in [-0.39, 0.29) is 27.5 Å². The Hall–Kier alpha value is -0.340. The summed E-state index contributed by atoms with van der Waals surface area (Å²) >= 11 is 15.1. The summed E-state index contributed by atoms with van der Waals surface area (Å²) in [6.45, 7) is 3.26. The number of rotatable bonds is 5. The zero-order valence-electron chi connectivity index (χ0n) is 11.7. The third-order valence-electron chi connectivity index (χ3n) is 2.45. The summed E-state index contributed by atoms with van der Waals surface area (Å²) in [6, 6.07) is 2.79. The van der Waals surface area contributed by atoms with Gasteiger partial charge in [-0.15, -0.1) is 0 Å². The Balaban J connectivity index is 3.09. The minimum absolute atomic E-state index is 0.00880. The fourth-order valence-electron chi connectivity index (χ4n) is 1.59. The van der Waals surface area contributed by atoms with Crippen LogP contribution >= 0.6 is 39.1 Å². The summed E-state index contributed by atoms with van der Waals surface area (Å²) in [4.78, 5) is 11.5. The molecule has 0 aliphatic heterocycles. The fourth-order valence-corrected chi connectivity index (χ4v) is 4.59. The minimum Gasteiger partial charge on any atom is -0.353 e. The number of nitrogens with zero attached hydrogens (tertiary/aromatic N) is 1. The van der Waals surface area contributed by atoms with Crippen molar-refractivity contribution in [2.45, 2.75) is 24.8 Å². The summed E-state index contributed by atoms with van der Waals surface area (Å²) in [6.07, 6.45) is 0. The molecule has 1 amide bonds. The second-order valence-corrected chi connectivity index (χ2v) is 8.39. The lowest BCUT2D eigenvalue weighted by Gasteiger charge is -2.19. The standard InChI is InChI=1S/C12H15BrCl2N2O3S/c1-7(2)16-11(18)6-17(3)21(19,20)12-9(14)4-8(13)5-10(12)15/h4-5,7H,6H2,1-3H3,(H,16,18). The first-order valence-corrected chi connectivity index (χ1v) is 8.95. The molecular formula is C12H15BrCl2N2O3S. The highest BCUT2D eigenvalue weighted by Crippen LogP contribution is 2.34. The number of hydrogen-bond acceptors (Lipinski definition) is 3. The molecule has 0 saturated carbocycles. The molecule has 0 bridgehead atoms. The molecule has 0 aromatic heterocycles. The van der Waals surface area contributed by atoms with Gasteiger partial charge in [0.05, 0.1) is 16.6 Å². The summed E-state index contributed by atoms with van der Waals surface area (Å²) in [5.41, 5.74) is 0. The van der Waals surface area contributed by atoms with Gasteiger partial charge in [-0.2, -0.15) is 4.31 Å². The van der Waals surface area contributed by atoms with Crippen LogP contribution in [-0.2, 0) is 14.8 Å². The zero-order valence-corrected chi connectivity index (χ0v) is 15.6. The molecule has 0 unspecified atom stereocenters. The Morgan fingerprint density at radius 2 is 1.81 bits per heavy atom. The molecule has 1 aromatic carbocycles. The molecule has 0 fully saturated rings. The third-order valence-corrected chi connectivity index (χ3v) is 5.63. The second kappa shape index (κ2) is 7.28. The van der Waals surface area contributed by atoms with Gasteiger partial charge in [0.2, 0.25) is 15.9 Å². The summed E-state index contributed by atoms with van der Waals surface area (Å²) in [7, 11) is -2.66. The van der Waals surface area contributed by atoms with E-state index < -0.39 is 15.9 Å². The largest absolute Gasteiger partial charge is 0.353 e. The van der Waals surface area contributed by atoms with Crippen molar-refractivity contribution in [3.8, 4) is 0 Å². The average Bonchev–Trinajstić information content (AvgIpc) is 2.24. The van der Waals surface area contributed by atoms with Gasteiger partial charge in [0, 0.05) is 17.6 Å². The van der Waals surface area contributed by atoms with E-state index >= 15 is 0 Å². The van der Waals surface area contributed by atoms with Crippen molar-refractivity contribution in [1.29, 1.82) is 0 Å². The first-order valence-electron chi connectivity index (χ1n) is 5.96. The van der Waals surface area contributed by atoms with Crippen molar-refractivity contribution in [3.05, 3.63) is 26.7 Å². The van der Waals surface area contributed by atoms with Crippen molar-refractivity contribution in [2.75, 3.05) is 13.6 Å². The van der Waals surface area contributed by atoms with Crippen LogP contribution in [0.2, 0.25) is 10.0 Å². The quantitative estimate of drug-likeness (QED) is 0.800. The highest BCUT2D eigenvalue weighted by Gasteiger charge is 2.28. The normalized spacial score (nSPS) is 12.0. The summed E-state index contributed by atoms with van der Waals surface area (Å²) in [5.74, 6) is -0.402. The molecule has 0 saturated heterocycles. The summed E-state index contributed by atoms with van der Waals surface area (Å²) in [5, 5.41) is 2.60. The average molecular weight is 418 g/mol. The van der Waals surface area contributed by atoms with Crippen molar-refractivity contribution in [2.24, 2.45) is 0 Å². The fraction of sp³-hybridized carbons (Fsp3) is 0.417. The van der Waals surface area contributed by atoms with Crippen LogP contribution in [0.4, 0.5) is 0 Å². The number of sulfonamides is 1. The Labute approximate surface area is 142 Å². The van der Waals surface area contributed by atoms with E-state index in [9.17, 15) is 13.2 Å². The minimum atomic E-state index is -3.96. The molecule has 0 aliphatic rings. The van der Waals surface area contributed by atoms with Gasteiger partial charge in [0.25, 0.3) is 0 Å². The van der Waals surface area contributed by atoms with Crippen LogP contribution in [0.15, 0.2) is 21.5 Å². The number of halogens is 3. The van der Waals surface area contributed by atoms with Gasteiger partial charge < -0.3 is 5.32 Å². The molecule has 0 atom stereocenters. The van der Waals surface area contributed by atoms with Crippen LogP contribution in [-0.4, -0.2) is 38.3 Å². The Morgan fingerprint density at radius 3 is 2.24 bits per heavy atom. The molecular weight excluding hydrogens is 403 g/mol. The molecule has 0 heterocycles. The number of carbonyl (C=O) groups excluding carboxylic acids is 1. The topological polar surface area (TPSA) is 66.5 Å². The Bertz CT molecular complexity index is 627. The number of hydrogen-bond donors (Lipinski definition) is 1. The highest BCUT2D eigenvalue weighted by atomic mass is 79.9. The van der Waals surface area contributed by atoms with E-state index in [2.05, 4.69) is 21.2 Å². The molecule has 0 aliphatic carbocycles. The lowest BCUT2D eigenvalue weighted by molar-refractivity contribution is -0.121. The maximum Gasteiger partial charge on any atom is 0.246 e. The highest BCUT2D eigenvalue weighted by molar-refractivity contribution is 9.10. The van der Waals surface area contributed by atoms with Crippen molar-refractivity contribution in [3.63, 3.8) is 0 Å². The van der Waals surface area contributed by atoms with Crippen molar-refractivity contribution in [1.82, 2.24) is 9.62 Å². The maximum absolute atomic E-state index is 12.5. The monoisotopic (exact) mass is 416 g/mol. The summed E-state index contributed by atoms with van der Waals surface area (Å²) < 4.78 is 26.4. The van der Waals surface area contributed by atoms with Gasteiger partial charge in [-0.25, -0.2) is 8.42 Å². The number of carbonyl (C=O) groups is 1. The molecule has 1 rings (SSSR count). The van der Waals surface area contributed by atoms with E-state index in [0.717, 1.165) is 4.31 Å². The predicted molar refractivity (Wildman–Crippen MR) is 87.3 cm³/mol. The van der Waals surface area contributed by atoms with Gasteiger partial charge in [-0.05, 0) is 26.0 Å². The SMILES string of the molecule is CC(C)NC(=O)CN(C)S(=O)(=O)c1c(Cl)cc(Br)cc1Cl. The van der Waals surface area contributed by atoms with Crippen LogP contribution in [0.25, 0.3) is 0 Å². The molecule has 21 heavy (non-hydrogen) atoms. The van der Waals surface area contributed by atoms with Crippen LogP contribution < -0.4 is 5.32 Å². The second-order valence-electron chi connectivity index (χ2n) is 4.68. The molecule has 9 heteroatoms. The molecule has 0 spiro atoms. The smallest absolute Gasteiger partial charge is 0.246 e. The first-order chi connectivity index (χ1) is 9.55. The van der Waals surface area contributed by atoms with E-state index in [1.54, 1.807) is 13.8 Å². The van der Waals surface area contributed by atoms with Gasteiger partial charge in [-0.3, -0.25) is 4.79 Å². The van der Waals surface area contributed by atoms with E-state index in [0.29, 0.717) is 4.47 Å². The predicted octanol–water partition coefficient (Wildman–Crippen LogP) is 2.90. The lowest BCUT2D eigenvalue weighted by atomic mass is 10.4. The Morgan fingerprint density at radius 1 is 1.33 bits per heavy atom. The number of amides is 1. The van der Waals surface area contributed by atoms with Crippen molar-refractivity contribution < 1.29 is 13.2 Å². The van der Waals surface area contributed by atoms with Gasteiger partial charge in [0.1, 0.15) is 4.90 Å². The third kappa shape index (κ3) is 4.82. The molecule has 1 aromatic rings. The van der Waals surface area contributed by atoms with E-state index in [1.807, 2.05) is 0 Å². The van der Waals surface area contributed by atoms with Crippen molar-refractivity contribution >= 4 is 55.1 Å². The van der Waals surface area contributed by atoms with E-state index in [1.165, 1.54) is 19.2 Å². The number of nitrogens with one attached hydrogen (secondary N) is 1. The molecule has 1 N–H and O–H groups in total. The van der Waals surface area contributed by atoms with Crippen LogP contribution in [0, 0.1) is 0 Å². The number of likely N-dealkylation sites (N-methyl/N-ethyl adjacent to an activating group) is 1. The van der Waals surface area contributed by atoms with Gasteiger partial charge in [-0.1, -0.05) is 39.1 Å². The van der Waals surface area contributed by atoms with Gasteiger partial charge in [0.15, 0.2) is 0 Å². The molecule has 118 valence electrons. The lowest BCUT2D eigenvalue weighted by Crippen LogP contribution is -2.40.